The van der Waals surface area contributed by atoms with Crippen molar-refractivity contribution >= 4 is 28.1 Å². The van der Waals surface area contributed by atoms with Gasteiger partial charge in [-0.05, 0) is 12.1 Å². The fourth-order valence-electron chi connectivity index (χ4n) is 1.35. The molecule has 0 amide bonds. The van der Waals surface area contributed by atoms with Crippen molar-refractivity contribution in [2.45, 2.75) is 0 Å². The third kappa shape index (κ3) is 1.45. The molecule has 0 spiro atoms. The Morgan fingerprint density at radius 3 is 2.86 bits per heavy atom. The van der Waals surface area contributed by atoms with E-state index in [0.717, 1.165) is 16.5 Å². The molecule has 14 heavy (non-hydrogen) atoms. The van der Waals surface area contributed by atoms with Gasteiger partial charge in [-0.3, -0.25) is 15.7 Å². The van der Waals surface area contributed by atoms with Crippen LogP contribution in [0.1, 0.15) is 5.56 Å². The maximum atomic E-state index is 8.73. The number of thiocarbonyl (C=S) groups is 1. The van der Waals surface area contributed by atoms with Crippen LogP contribution in [-0.4, -0.2) is 15.2 Å². The lowest BCUT2D eigenvalue weighted by Crippen LogP contribution is -2.17. The quantitative estimate of drug-likeness (QED) is 0.550. The fraction of sp³-hybridized carbons (Fsp3) is 0. The van der Waals surface area contributed by atoms with Gasteiger partial charge in [0, 0.05) is 17.1 Å². The maximum absolute atomic E-state index is 8.73. The van der Waals surface area contributed by atoms with E-state index < -0.39 is 0 Å². The number of fused-ring (bicyclic) bond motifs is 1. The highest BCUT2D eigenvalue weighted by atomic mass is 32.1. The van der Waals surface area contributed by atoms with Crippen molar-refractivity contribution in [3.8, 4) is 0 Å². The van der Waals surface area contributed by atoms with E-state index in [4.69, 9.17) is 17.4 Å². The van der Waals surface area contributed by atoms with E-state index >= 15 is 0 Å². The Morgan fingerprint density at radius 2 is 2.07 bits per heavy atom. The monoisotopic (exact) mass is 204 g/mol. The summed E-state index contributed by atoms with van der Waals surface area (Å²) in [5.41, 5.74) is 3.49. The molecule has 1 aromatic heterocycles. The number of hydrogen-bond acceptors (Lipinski definition) is 3. The van der Waals surface area contributed by atoms with Crippen LogP contribution in [-0.2, 0) is 0 Å². The van der Waals surface area contributed by atoms with E-state index in [1.807, 2.05) is 35.8 Å². The highest BCUT2D eigenvalue weighted by Crippen LogP contribution is 2.15. The predicted octanol–water partition coefficient (Wildman–Crippen LogP) is 1.89. The largest absolute Gasteiger partial charge is 0.290 e. The van der Waals surface area contributed by atoms with E-state index in [-0.39, 0.29) is 4.99 Å². The van der Waals surface area contributed by atoms with Gasteiger partial charge in [-0.2, -0.15) is 0 Å². The summed E-state index contributed by atoms with van der Waals surface area (Å²) in [4.78, 5) is 4.50. The minimum atomic E-state index is 0.286. The van der Waals surface area contributed by atoms with Gasteiger partial charge >= 0.3 is 0 Å². The molecule has 4 heteroatoms. The normalized spacial score (nSPS) is 10.1. The number of hydrogen-bond donors (Lipinski definition) is 2. The highest BCUT2D eigenvalue weighted by molar-refractivity contribution is 7.80. The number of pyridine rings is 1. The molecule has 3 nitrogen and oxygen atoms in total. The first-order valence-corrected chi connectivity index (χ1v) is 4.52. The zero-order valence-electron chi connectivity index (χ0n) is 7.27. The average molecular weight is 204 g/mol. The fourth-order valence-corrected chi connectivity index (χ4v) is 1.51. The molecule has 0 fully saturated rings. The Morgan fingerprint density at radius 1 is 1.29 bits per heavy atom. The molecule has 0 aliphatic heterocycles. The van der Waals surface area contributed by atoms with Gasteiger partial charge in [-0.25, -0.2) is 0 Å². The molecule has 2 rings (SSSR count). The number of nitrogens with zero attached hydrogens (tertiary/aromatic N) is 1. The molecule has 2 aromatic rings. The Hall–Kier alpha value is -1.52. The third-order valence-electron chi connectivity index (χ3n) is 1.98. The number of nitrogens with one attached hydrogen (secondary N) is 1. The van der Waals surface area contributed by atoms with Crippen LogP contribution in [0.25, 0.3) is 10.9 Å². The summed E-state index contributed by atoms with van der Waals surface area (Å²) in [5, 5.41) is 9.73. The highest BCUT2D eigenvalue weighted by Gasteiger charge is 2.05. The lowest BCUT2D eigenvalue weighted by atomic mass is 10.1. The first-order chi connectivity index (χ1) is 6.83. The van der Waals surface area contributed by atoms with Crippen LogP contribution in [0.2, 0.25) is 0 Å². The van der Waals surface area contributed by atoms with E-state index in [0.29, 0.717) is 0 Å². The molecule has 0 saturated carbocycles. The second-order valence-corrected chi connectivity index (χ2v) is 3.23. The lowest BCUT2D eigenvalue weighted by molar-refractivity contribution is 0.238. The van der Waals surface area contributed by atoms with Crippen LogP contribution in [0.4, 0.5) is 0 Å². The molecule has 0 aliphatic rings. The second-order valence-electron chi connectivity index (χ2n) is 2.82. The number of hydroxylamine groups is 1. The van der Waals surface area contributed by atoms with Gasteiger partial charge in [0.05, 0.1) is 5.52 Å². The first-order valence-electron chi connectivity index (χ1n) is 4.11. The molecule has 0 aliphatic carbocycles. The molecule has 0 bridgehead atoms. The standard InChI is InChI=1S/C10H8N2OS/c13-12-10(14)8-5-1-3-7-4-2-6-11-9(7)8/h1-6,13H,(H,12,14). The van der Waals surface area contributed by atoms with E-state index in [9.17, 15) is 0 Å². The molecule has 2 N–H and O–H groups in total. The molecule has 0 unspecified atom stereocenters. The second kappa shape index (κ2) is 3.69. The van der Waals surface area contributed by atoms with Crippen LogP contribution < -0.4 is 5.48 Å². The summed E-state index contributed by atoms with van der Waals surface area (Å²) in [7, 11) is 0. The van der Waals surface area contributed by atoms with Gasteiger partial charge in [0.2, 0.25) is 0 Å². The predicted molar refractivity (Wildman–Crippen MR) is 58.4 cm³/mol. The molecule has 1 heterocycles. The summed E-state index contributed by atoms with van der Waals surface area (Å²) < 4.78 is 0. The van der Waals surface area contributed by atoms with Gasteiger partial charge in [-0.1, -0.05) is 30.4 Å². The first kappa shape index (κ1) is 9.05. The number of aromatic nitrogens is 1. The smallest absolute Gasteiger partial charge is 0.132 e. The van der Waals surface area contributed by atoms with Crippen molar-refractivity contribution in [3.63, 3.8) is 0 Å². The molecule has 0 radical (unpaired) electrons. The molecule has 1 aromatic carbocycles. The van der Waals surface area contributed by atoms with Gasteiger partial charge < -0.3 is 0 Å². The minimum Gasteiger partial charge on any atom is -0.290 e. The maximum Gasteiger partial charge on any atom is 0.132 e. The van der Waals surface area contributed by atoms with Crippen molar-refractivity contribution < 1.29 is 5.21 Å². The van der Waals surface area contributed by atoms with Crippen molar-refractivity contribution in [1.29, 1.82) is 0 Å². The van der Waals surface area contributed by atoms with Crippen LogP contribution in [0, 0.1) is 0 Å². The SMILES string of the molecule is ONC(=S)c1cccc2cccnc12. The summed E-state index contributed by atoms with van der Waals surface area (Å²) in [6.07, 6.45) is 1.70. The van der Waals surface area contributed by atoms with Crippen molar-refractivity contribution in [2.75, 3.05) is 0 Å². The van der Waals surface area contributed by atoms with Gasteiger partial charge in [-0.15, -0.1) is 0 Å². The van der Waals surface area contributed by atoms with Crippen LogP contribution >= 0.6 is 12.2 Å². The van der Waals surface area contributed by atoms with Gasteiger partial charge in [0.15, 0.2) is 0 Å². The molecular formula is C10H8N2OS. The van der Waals surface area contributed by atoms with Crippen molar-refractivity contribution in [2.24, 2.45) is 0 Å². The number of para-hydroxylation sites is 1. The zero-order chi connectivity index (χ0) is 9.97. The van der Waals surface area contributed by atoms with Gasteiger partial charge in [0.25, 0.3) is 0 Å². The molecular weight excluding hydrogens is 196 g/mol. The topological polar surface area (TPSA) is 45.1 Å². The van der Waals surface area contributed by atoms with Gasteiger partial charge in [0.1, 0.15) is 4.99 Å². The number of rotatable bonds is 1. The zero-order valence-corrected chi connectivity index (χ0v) is 8.08. The van der Waals surface area contributed by atoms with E-state index in [1.54, 1.807) is 6.20 Å². The van der Waals surface area contributed by atoms with Crippen LogP contribution in [0.15, 0.2) is 36.5 Å². The summed E-state index contributed by atoms with van der Waals surface area (Å²) in [6.45, 7) is 0. The molecule has 0 saturated heterocycles. The summed E-state index contributed by atoms with van der Waals surface area (Å²) in [5.74, 6) is 0. The molecule has 70 valence electrons. The van der Waals surface area contributed by atoms with E-state index in [1.165, 1.54) is 0 Å². The third-order valence-corrected chi connectivity index (χ3v) is 2.29. The Kier molecular flexibility index (Phi) is 2.39. The number of benzene rings is 1. The van der Waals surface area contributed by atoms with Crippen molar-refractivity contribution in [3.05, 3.63) is 42.1 Å². The summed E-state index contributed by atoms with van der Waals surface area (Å²) >= 11 is 4.95. The van der Waals surface area contributed by atoms with Crippen molar-refractivity contribution in [1.82, 2.24) is 10.5 Å². The van der Waals surface area contributed by atoms with Crippen LogP contribution in [0.3, 0.4) is 0 Å². The lowest BCUT2D eigenvalue weighted by Gasteiger charge is -2.04. The Bertz CT molecular complexity index is 479. The minimum absolute atomic E-state index is 0.286. The molecule has 0 atom stereocenters. The van der Waals surface area contributed by atoms with Crippen LogP contribution in [0.5, 0.6) is 0 Å². The summed E-state index contributed by atoms with van der Waals surface area (Å²) in [6, 6.07) is 9.46. The van der Waals surface area contributed by atoms with E-state index in [2.05, 4.69) is 4.98 Å². The Labute approximate surface area is 86.4 Å². The Balaban J connectivity index is 2.71. The average Bonchev–Trinajstić information content (AvgIpc) is 2.27.